The van der Waals surface area contributed by atoms with E-state index in [0.717, 1.165) is 11.4 Å². The normalized spacial score (nSPS) is 30.2. The summed E-state index contributed by atoms with van der Waals surface area (Å²) in [5.74, 6) is -1.31. The first-order valence-electron chi connectivity index (χ1n) is 8.69. The summed E-state index contributed by atoms with van der Waals surface area (Å²) in [5, 5.41) is 0. The van der Waals surface area contributed by atoms with Gasteiger partial charge in [0, 0.05) is 24.6 Å². The Labute approximate surface area is 153 Å². The summed E-state index contributed by atoms with van der Waals surface area (Å²) in [7, 11) is 4.45. The monoisotopic (exact) mass is 356 g/mol. The second kappa shape index (κ2) is 7.32. The molecule has 1 aromatic carbocycles. The fraction of sp³-hybridized carbons (Fsp3) is 0.450. The van der Waals surface area contributed by atoms with Crippen molar-refractivity contribution in [2.75, 3.05) is 21.3 Å². The van der Waals surface area contributed by atoms with Gasteiger partial charge in [-0.2, -0.15) is 0 Å². The van der Waals surface area contributed by atoms with Crippen LogP contribution in [0, 0.1) is 17.8 Å². The van der Waals surface area contributed by atoms with E-state index in [1.54, 1.807) is 7.05 Å². The second-order valence-corrected chi connectivity index (χ2v) is 6.61. The zero-order valence-corrected chi connectivity index (χ0v) is 15.5. The molecule has 0 N–H and O–H groups in total. The molecule has 2 bridgehead atoms. The van der Waals surface area contributed by atoms with E-state index in [0.29, 0.717) is 0 Å². The summed E-state index contributed by atoms with van der Waals surface area (Å²) >= 11 is 0. The fourth-order valence-corrected chi connectivity index (χ4v) is 4.29. The molecule has 4 rings (SSSR count). The summed E-state index contributed by atoms with van der Waals surface area (Å²) in [5.41, 5.74) is 0.973. The highest BCUT2D eigenvalue weighted by molar-refractivity contribution is 6.00. The predicted octanol–water partition coefficient (Wildman–Crippen LogP) is 1.90. The van der Waals surface area contributed by atoms with Gasteiger partial charge in [0.25, 0.3) is 0 Å². The Kier molecular flexibility index (Phi) is 5.11. The Bertz CT molecular complexity index is 743. The van der Waals surface area contributed by atoms with Crippen molar-refractivity contribution in [1.82, 2.24) is 4.90 Å². The van der Waals surface area contributed by atoms with Crippen LogP contribution in [0.15, 0.2) is 47.5 Å². The van der Waals surface area contributed by atoms with Crippen molar-refractivity contribution >= 4 is 17.8 Å². The molecule has 0 saturated carbocycles. The molecular formula is C20H24N2O4. The lowest BCUT2D eigenvalue weighted by atomic mass is 9.65. The smallest absolute Gasteiger partial charge is 0.312 e. The van der Waals surface area contributed by atoms with Gasteiger partial charge in [-0.05, 0) is 6.92 Å². The zero-order valence-electron chi connectivity index (χ0n) is 15.5. The number of aliphatic imine (C=N–C) groups is 1. The number of rotatable bonds is 3. The third-order valence-electron chi connectivity index (χ3n) is 5.45. The van der Waals surface area contributed by atoms with Crippen molar-refractivity contribution in [2.45, 2.75) is 19.0 Å². The second-order valence-electron chi connectivity index (χ2n) is 6.61. The Balaban J connectivity index is 2.06. The highest BCUT2D eigenvalue weighted by Gasteiger charge is 2.56. The van der Waals surface area contributed by atoms with Crippen molar-refractivity contribution in [3.8, 4) is 0 Å². The average Bonchev–Trinajstić information content (AvgIpc) is 2.69. The van der Waals surface area contributed by atoms with E-state index in [1.807, 2.05) is 42.5 Å². The van der Waals surface area contributed by atoms with Crippen molar-refractivity contribution in [1.29, 1.82) is 0 Å². The number of nitrogens with zero attached hydrogens (tertiary/aromatic N) is 2. The molecular weight excluding hydrogens is 332 g/mol. The molecule has 2 heterocycles. The number of carbonyl (C=O) groups excluding carboxylic acids is 2. The van der Waals surface area contributed by atoms with E-state index < -0.39 is 17.8 Å². The van der Waals surface area contributed by atoms with Gasteiger partial charge in [0.05, 0.1) is 32.1 Å². The van der Waals surface area contributed by atoms with Crippen molar-refractivity contribution < 1.29 is 19.1 Å². The highest BCUT2D eigenvalue weighted by atomic mass is 16.5. The molecule has 0 aromatic heterocycles. The lowest BCUT2D eigenvalue weighted by molar-refractivity contribution is -0.166. The number of amidine groups is 1. The minimum absolute atomic E-state index is 0.00564. The van der Waals surface area contributed by atoms with Crippen LogP contribution in [0.25, 0.3) is 0 Å². The largest absolute Gasteiger partial charge is 0.469 e. The number of benzene rings is 1. The topological polar surface area (TPSA) is 68.2 Å². The van der Waals surface area contributed by atoms with E-state index >= 15 is 0 Å². The van der Waals surface area contributed by atoms with Gasteiger partial charge >= 0.3 is 11.9 Å². The highest BCUT2D eigenvalue weighted by Crippen LogP contribution is 2.44. The van der Waals surface area contributed by atoms with E-state index in [9.17, 15) is 9.59 Å². The molecule has 1 aromatic rings. The number of fused-ring (bicyclic) bond motifs is 2. The Hall–Kier alpha value is -2.63. The third kappa shape index (κ3) is 2.79. The van der Waals surface area contributed by atoms with Crippen LogP contribution in [0.3, 0.4) is 0 Å². The summed E-state index contributed by atoms with van der Waals surface area (Å²) in [6.07, 6.45) is 4.00. The predicted molar refractivity (Wildman–Crippen MR) is 97.6 cm³/mol. The van der Waals surface area contributed by atoms with Crippen LogP contribution < -0.4 is 0 Å². The molecule has 1 aliphatic carbocycles. The number of piperidine rings is 1. The molecule has 5 atom stereocenters. The Morgan fingerprint density at radius 3 is 2.19 bits per heavy atom. The number of methoxy groups -OCH3 is 2. The van der Waals surface area contributed by atoms with Gasteiger partial charge in [-0.25, -0.2) is 0 Å². The van der Waals surface area contributed by atoms with Gasteiger partial charge < -0.3 is 14.4 Å². The van der Waals surface area contributed by atoms with Crippen LogP contribution in [0.4, 0.5) is 0 Å². The van der Waals surface area contributed by atoms with Crippen LogP contribution in [0.5, 0.6) is 0 Å². The van der Waals surface area contributed by atoms with Crippen molar-refractivity contribution in [2.24, 2.45) is 22.7 Å². The number of ether oxygens (including phenoxy) is 2. The first kappa shape index (κ1) is 18.2. The Morgan fingerprint density at radius 2 is 1.62 bits per heavy atom. The molecule has 2 aliphatic heterocycles. The van der Waals surface area contributed by atoms with Crippen LogP contribution in [-0.4, -0.2) is 56.0 Å². The number of carbonyl (C=O) groups is 2. The molecule has 0 unspecified atom stereocenters. The molecule has 0 spiro atoms. The van der Waals surface area contributed by atoms with Gasteiger partial charge in [-0.15, -0.1) is 0 Å². The van der Waals surface area contributed by atoms with E-state index in [-0.39, 0.29) is 24.0 Å². The van der Waals surface area contributed by atoms with Crippen LogP contribution in [-0.2, 0) is 19.1 Å². The van der Waals surface area contributed by atoms with Gasteiger partial charge in [-0.1, -0.05) is 42.5 Å². The van der Waals surface area contributed by atoms with Crippen LogP contribution in [0.2, 0.25) is 0 Å². The summed E-state index contributed by atoms with van der Waals surface area (Å²) < 4.78 is 10.0. The SMILES string of the molecule is CN=C(c1ccccc1)N1[C@H](C)[C@@H]2C=C[C@H]1[C@@H](C(=O)OC)[C@H]2C(=O)OC. The third-order valence-corrected chi connectivity index (χ3v) is 5.45. The molecule has 1 saturated heterocycles. The fourth-order valence-electron chi connectivity index (χ4n) is 4.29. The Morgan fingerprint density at radius 1 is 1.00 bits per heavy atom. The van der Waals surface area contributed by atoms with Gasteiger partial charge in [-0.3, -0.25) is 14.6 Å². The quantitative estimate of drug-likeness (QED) is 0.358. The summed E-state index contributed by atoms with van der Waals surface area (Å²) in [6.45, 7) is 2.05. The molecule has 0 radical (unpaired) electrons. The maximum atomic E-state index is 12.6. The minimum atomic E-state index is -0.626. The zero-order chi connectivity index (χ0) is 18.8. The molecule has 26 heavy (non-hydrogen) atoms. The van der Waals surface area contributed by atoms with Crippen molar-refractivity contribution in [3.05, 3.63) is 48.0 Å². The molecule has 0 amide bonds. The van der Waals surface area contributed by atoms with E-state index in [1.165, 1.54) is 14.2 Å². The maximum Gasteiger partial charge on any atom is 0.312 e. The summed E-state index contributed by atoms with van der Waals surface area (Å²) in [4.78, 5) is 31.6. The standard InChI is InChI=1S/C20H24N2O4/c1-12-14-10-11-15(17(20(24)26-4)16(14)19(23)25-3)22(12)18(21-2)13-8-6-5-7-9-13/h5-12,14-17H,1-4H3/t12-,14+,15+,16+,17-/m1/s1. The van der Waals surface area contributed by atoms with Gasteiger partial charge in [0.1, 0.15) is 5.84 Å². The van der Waals surface area contributed by atoms with Crippen LogP contribution >= 0.6 is 0 Å². The minimum Gasteiger partial charge on any atom is -0.469 e. The average molecular weight is 356 g/mol. The lowest BCUT2D eigenvalue weighted by Crippen LogP contribution is -2.64. The first-order valence-corrected chi connectivity index (χ1v) is 8.69. The molecule has 1 fully saturated rings. The summed E-state index contributed by atoms with van der Waals surface area (Å²) in [6, 6.07) is 9.53. The number of hydrogen-bond acceptors (Lipinski definition) is 5. The number of esters is 2. The maximum absolute atomic E-state index is 12.6. The molecule has 138 valence electrons. The van der Waals surface area contributed by atoms with E-state index in [2.05, 4.69) is 16.8 Å². The first-order chi connectivity index (χ1) is 12.5. The molecule has 3 aliphatic rings. The lowest BCUT2D eigenvalue weighted by Gasteiger charge is -2.54. The van der Waals surface area contributed by atoms with E-state index in [4.69, 9.17) is 9.47 Å². The van der Waals surface area contributed by atoms with Gasteiger partial charge in [0.15, 0.2) is 0 Å². The van der Waals surface area contributed by atoms with Crippen molar-refractivity contribution in [3.63, 3.8) is 0 Å². The van der Waals surface area contributed by atoms with Crippen LogP contribution in [0.1, 0.15) is 12.5 Å². The molecule has 6 heteroatoms. The number of hydrogen-bond donors (Lipinski definition) is 0. The molecule has 6 nitrogen and oxygen atoms in total. The van der Waals surface area contributed by atoms with Gasteiger partial charge in [0.2, 0.25) is 0 Å².